The summed E-state index contributed by atoms with van der Waals surface area (Å²) in [6.45, 7) is 0. The third kappa shape index (κ3) is 3.80. The Morgan fingerprint density at radius 1 is 1.05 bits per heavy atom. The summed E-state index contributed by atoms with van der Waals surface area (Å²) < 4.78 is 26.9. The summed E-state index contributed by atoms with van der Waals surface area (Å²) in [7, 11) is 0. The van der Waals surface area contributed by atoms with Gasteiger partial charge in [0.15, 0.2) is 11.6 Å². The van der Waals surface area contributed by atoms with Crippen molar-refractivity contribution >= 4 is 45.8 Å². The fourth-order valence-corrected chi connectivity index (χ4v) is 2.54. The summed E-state index contributed by atoms with van der Waals surface area (Å²) >= 11 is 14.4. The van der Waals surface area contributed by atoms with E-state index in [9.17, 15) is 8.78 Å². The van der Waals surface area contributed by atoms with Crippen molar-refractivity contribution in [1.29, 1.82) is 0 Å². The van der Waals surface area contributed by atoms with Crippen LogP contribution in [0.3, 0.4) is 0 Å². The Labute approximate surface area is 133 Å². The zero-order chi connectivity index (χ0) is 14.0. The van der Waals surface area contributed by atoms with Crippen LogP contribution in [0.1, 0.15) is 16.5 Å². The molecule has 5 heteroatoms. The molecule has 2 rings (SSSR count). The lowest BCUT2D eigenvalue weighted by Crippen LogP contribution is -1.98. The molecule has 0 nitrogen and oxygen atoms in total. The average molecular weight is 413 g/mol. The van der Waals surface area contributed by atoms with Crippen molar-refractivity contribution in [1.82, 2.24) is 0 Å². The van der Waals surface area contributed by atoms with Gasteiger partial charge < -0.3 is 0 Å². The van der Waals surface area contributed by atoms with Gasteiger partial charge in [0, 0.05) is 3.57 Å². The molecule has 2 aromatic rings. The second kappa shape index (κ2) is 6.37. The molecule has 0 saturated heterocycles. The third-order valence-corrected chi connectivity index (χ3v) is 4.68. The van der Waals surface area contributed by atoms with Crippen molar-refractivity contribution in [3.63, 3.8) is 0 Å². The number of alkyl halides is 1. The quantitative estimate of drug-likeness (QED) is 0.445. The molecule has 0 spiro atoms. The van der Waals surface area contributed by atoms with Crippen molar-refractivity contribution in [2.75, 3.05) is 0 Å². The van der Waals surface area contributed by atoms with Crippen LogP contribution in [-0.2, 0) is 6.42 Å². The van der Waals surface area contributed by atoms with Crippen molar-refractivity contribution in [2.45, 2.75) is 11.8 Å². The van der Waals surface area contributed by atoms with E-state index in [1.54, 1.807) is 6.07 Å². The summed E-state index contributed by atoms with van der Waals surface area (Å²) in [5.41, 5.74) is 1.50. The molecule has 2 aromatic carbocycles. The number of hydrogen-bond acceptors (Lipinski definition) is 0. The highest BCUT2D eigenvalue weighted by atomic mass is 127. The van der Waals surface area contributed by atoms with Gasteiger partial charge in [0.2, 0.25) is 0 Å². The highest BCUT2D eigenvalue weighted by Gasteiger charge is 2.12. The first-order chi connectivity index (χ1) is 8.97. The minimum absolute atomic E-state index is 0.334. The lowest BCUT2D eigenvalue weighted by Gasteiger charge is -2.11. The van der Waals surface area contributed by atoms with Crippen LogP contribution < -0.4 is 0 Å². The molecular weight excluding hydrogens is 404 g/mol. The Morgan fingerprint density at radius 3 is 2.42 bits per heavy atom. The smallest absolute Gasteiger partial charge is 0.159 e. The van der Waals surface area contributed by atoms with Gasteiger partial charge in [0.1, 0.15) is 0 Å². The molecule has 0 aliphatic rings. The normalized spacial score (nSPS) is 12.5. The molecule has 0 fully saturated rings. The minimum atomic E-state index is -0.859. The summed E-state index contributed by atoms with van der Waals surface area (Å²) in [5, 5.41) is 0.299. The van der Waals surface area contributed by atoms with E-state index in [1.165, 1.54) is 12.1 Å². The zero-order valence-corrected chi connectivity index (χ0v) is 13.3. The lowest BCUT2D eigenvalue weighted by molar-refractivity contribution is 0.507. The van der Waals surface area contributed by atoms with Crippen LogP contribution >= 0.6 is 45.8 Å². The average Bonchev–Trinajstić information content (AvgIpc) is 2.37. The molecular formula is C14H9Cl2F2I. The molecule has 0 N–H and O–H groups in total. The highest BCUT2D eigenvalue weighted by molar-refractivity contribution is 14.1. The van der Waals surface area contributed by atoms with Crippen molar-refractivity contribution < 1.29 is 8.78 Å². The van der Waals surface area contributed by atoms with Crippen LogP contribution in [0, 0.1) is 15.2 Å². The van der Waals surface area contributed by atoms with E-state index in [1.807, 2.05) is 12.1 Å². The maximum atomic E-state index is 13.1. The van der Waals surface area contributed by atoms with Gasteiger partial charge >= 0.3 is 0 Å². The SMILES string of the molecule is Fc1ccc(CC(Cl)c2ccc(I)c(Cl)c2)cc1F. The summed E-state index contributed by atoms with van der Waals surface area (Å²) in [6.07, 6.45) is 0.412. The Morgan fingerprint density at radius 2 is 1.79 bits per heavy atom. The van der Waals surface area contributed by atoms with Crippen molar-refractivity contribution in [2.24, 2.45) is 0 Å². The third-order valence-electron chi connectivity index (χ3n) is 2.70. The van der Waals surface area contributed by atoms with E-state index in [0.29, 0.717) is 17.0 Å². The maximum absolute atomic E-state index is 13.1. The van der Waals surface area contributed by atoms with E-state index in [-0.39, 0.29) is 5.38 Å². The van der Waals surface area contributed by atoms with Crippen molar-refractivity contribution in [3.05, 3.63) is 67.8 Å². The molecule has 100 valence electrons. The Balaban J connectivity index is 2.17. The molecule has 0 heterocycles. The first-order valence-electron chi connectivity index (χ1n) is 5.50. The Hall–Kier alpha value is -0.390. The first kappa shape index (κ1) is 15.0. The number of halogens is 5. The molecule has 0 saturated carbocycles. The molecule has 19 heavy (non-hydrogen) atoms. The van der Waals surface area contributed by atoms with E-state index in [4.69, 9.17) is 23.2 Å². The van der Waals surface area contributed by atoms with Crippen molar-refractivity contribution in [3.8, 4) is 0 Å². The summed E-state index contributed by atoms with van der Waals surface area (Å²) in [4.78, 5) is 0. The fraction of sp³-hybridized carbons (Fsp3) is 0.143. The van der Waals surface area contributed by atoms with Crippen LogP contribution in [0.15, 0.2) is 36.4 Å². The Kier molecular flexibility index (Phi) is 5.03. The predicted molar refractivity (Wildman–Crippen MR) is 82.8 cm³/mol. The van der Waals surface area contributed by atoms with E-state index >= 15 is 0 Å². The molecule has 0 aliphatic heterocycles. The molecule has 1 unspecified atom stereocenters. The van der Waals surface area contributed by atoms with E-state index in [0.717, 1.165) is 15.2 Å². The molecule has 0 radical (unpaired) electrons. The van der Waals surface area contributed by atoms with Gasteiger partial charge in [-0.25, -0.2) is 8.78 Å². The molecule has 0 aliphatic carbocycles. The summed E-state index contributed by atoms with van der Waals surface area (Å²) in [5.74, 6) is -1.71. The second-order valence-corrected chi connectivity index (χ2v) is 6.19. The molecule has 0 amide bonds. The Bertz CT molecular complexity index is 602. The predicted octanol–water partition coefficient (Wildman–Crippen LogP) is 5.75. The van der Waals surface area contributed by atoms with Crippen LogP contribution in [0.4, 0.5) is 8.78 Å². The van der Waals surface area contributed by atoms with Gasteiger partial charge in [-0.2, -0.15) is 0 Å². The van der Waals surface area contributed by atoms with Gasteiger partial charge in [-0.05, 0) is 64.4 Å². The minimum Gasteiger partial charge on any atom is -0.204 e. The summed E-state index contributed by atoms with van der Waals surface area (Å²) in [6, 6.07) is 9.35. The zero-order valence-electron chi connectivity index (χ0n) is 9.64. The van der Waals surface area contributed by atoms with Crippen LogP contribution in [0.2, 0.25) is 5.02 Å². The fourth-order valence-electron chi connectivity index (χ4n) is 1.70. The topological polar surface area (TPSA) is 0 Å². The number of hydrogen-bond donors (Lipinski definition) is 0. The van der Waals surface area contributed by atoms with Crippen LogP contribution in [0.25, 0.3) is 0 Å². The van der Waals surface area contributed by atoms with Crippen LogP contribution in [0.5, 0.6) is 0 Å². The van der Waals surface area contributed by atoms with Crippen LogP contribution in [-0.4, -0.2) is 0 Å². The van der Waals surface area contributed by atoms with E-state index < -0.39 is 11.6 Å². The van der Waals surface area contributed by atoms with Gasteiger partial charge in [-0.1, -0.05) is 23.7 Å². The van der Waals surface area contributed by atoms with Gasteiger partial charge in [0.25, 0.3) is 0 Å². The molecule has 0 bridgehead atoms. The molecule has 1 atom stereocenters. The number of benzene rings is 2. The monoisotopic (exact) mass is 412 g/mol. The number of rotatable bonds is 3. The second-order valence-electron chi connectivity index (χ2n) is 4.09. The highest BCUT2D eigenvalue weighted by Crippen LogP contribution is 2.29. The largest absolute Gasteiger partial charge is 0.204 e. The first-order valence-corrected chi connectivity index (χ1v) is 7.39. The van der Waals surface area contributed by atoms with Gasteiger partial charge in [-0.15, -0.1) is 11.6 Å². The van der Waals surface area contributed by atoms with Gasteiger partial charge in [0.05, 0.1) is 10.4 Å². The lowest BCUT2D eigenvalue weighted by atomic mass is 10.0. The standard InChI is InChI=1S/C14H9Cl2F2I/c15-10(9-2-4-14(19)11(16)7-9)5-8-1-3-12(17)13(18)6-8/h1-4,6-7,10H,5H2. The van der Waals surface area contributed by atoms with Gasteiger partial charge in [-0.3, -0.25) is 0 Å². The maximum Gasteiger partial charge on any atom is 0.159 e. The molecule has 0 aromatic heterocycles. The van der Waals surface area contributed by atoms with E-state index in [2.05, 4.69) is 22.6 Å².